The number of nitrogens with one attached hydrogen (secondary N) is 1. The minimum Gasteiger partial charge on any atom is -0.391 e. The standard InChI is InChI=1S/C26H32N6OS/c1-30-10-12-31(13-11-30)19-8-9-32-20(17-27-25(32)16-19)14-18-6-7-22-24(15-18)34-26(29-22)28-21-4-2-3-5-23(21)33/h6-9,15-17,21,23,33H,2-5,10-14H2,1H3,(H,28,29). The quantitative estimate of drug-likeness (QED) is 0.454. The van der Waals surface area contributed by atoms with E-state index in [9.17, 15) is 5.11 Å². The van der Waals surface area contributed by atoms with Crippen LogP contribution in [0, 0.1) is 0 Å². The molecule has 2 N–H and O–H groups in total. The van der Waals surface area contributed by atoms with Gasteiger partial charge in [0.2, 0.25) is 0 Å². The molecule has 0 amide bonds. The summed E-state index contributed by atoms with van der Waals surface area (Å²) in [5.74, 6) is 0. The molecular weight excluding hydrogens is 444 g/mol. The van der Waals surface area contributed by atoms with Gasteiger partial charge in [-0.25, -0.2) is 9.97 Å². The third-order valence-electron chi connectivity index (χ3n) is 7.32. The van der Waals surface area contributed by atoms with Crippen molar-refractivity contribution in [3.8, 4) is 0 Å². The second-order valence-corrected chi connectivity index (χ2v) is 10.8. The number of pyridine rings is 1. The predicted octanol–water partition coefficient (Wildman–Crippen LogP) is 4.00. The molecule has 2 unspecified atom stereocenters. The predicted molar refractivity (Wildman–Crippen MR) is 139 cm³/mol. The number of aliphatic hydroxyl groups is 1. The van der Waals surface area contributed by atoms with Crippen LogP contribution in [0.15, 0.2) is 42.7 Å². The maximum absolute atomic E-state index is 10.3. The van der Waals surface area contributed by atoms with Gasteiger partial charge in [-0.1, -0.05) is 30.2 Å². The molecule has 6 rings (SSSR count). The normalized spacial score (nSPS) is 22.0. The molecular formula is C26H32N6OS. The van der Waals surface area contributed by atoms with Gasteiger partial charge in [-0.15, -0.1) is 0 Å². The summed E-state index contributed by atoms with van der Waals surface area (Å²) in [6.45, 7) is 4.32. The summed E-state index contributed by atoms with van der Waals surface area (Å²) in [6.07, 6.45) is 8.88. The second-order valence-electron chi connectivity index (χ2n) is 9.75. The SMILES string of the molecule is CN1CCN(c2ccn3c(Cc4ccc5nc(NC6CCCCC6O)sc5c4)cnc3c2)CC1. The second kappa shape index (κ2) is 9.17. The highest BCUT2D eigenvalue weighted by Gasteiger charge is 2.23. The van der Waals surface area contributed by atoms with E-state index in [0.717, 1.165) is 68.2 Å². The van der Waals surface area contributed by atoms with Crippen LogP contribution in [0.2, 0.25) is 0 Å². The molecule has 178 valence electrons. The van der Waals surface area contributed by atoms with Crippen LogP contribution in [-0.4, -0.2) is 69.7 Å². The summed E-state index contributed by atoms with van der Waals surface area (Å²) in [5, 5.41) is 14.7. The Morgan fingerprint density at radius 3 is 2.79 bits per heavy atom. The van der Waals surface area contributed by atoms with Gasteiger partial charge in [-0.3, -0.25) is 0 Å². The smallest absolute Gasteiger partial charge is 0.184 e. The Balaban J connectivity index is 1.19. The molecule has 4 heterocycles. The first-order valence-corrected chi connectivity index (χ1v) is 13.2. The Bertz CT molecular complexity index is 1290. The van der Waals surface area contributed by atoms with Crippen molar-refractivity contribution in [2.24, 2.45) is 0 Å². The van der Waals surface area contributed by atoms with Crippen LogP contribution in [0.4, 0.5) is 10.8 Å². The number of hydrogen-bond donors (Lipinski definition) is 2. The molecule has 1 aromatic carbocycles. The molecule has 7 nitrogen and oxygen atoms in total. The first kappa shape index (κ1) is 21.8. The molecule has 3 aromatic heterocycles. The van der Waals surface area contributed by atoms with Gasteiger partial charge in [0.05, 0.1) is 22.4 Å². The van der Waals surface area contributed by atoms with Gasteiger partial charge < -0.3 is 24.6 Å². The first-order valence-electron chi connectivity index (χ1n) is 12.4. The maximum atomic E-state index is 10.3. The Morgan fingerprint density at radius 1 is 1.09 bits per heavy atom. The molecule has 8 heteroatoms. The zero-order valence-electron chi connectivity index (χ0n) is 19.7. The third kappa shape index (κ3) is 4.37. The van der Waals surface area contributed by atoms with Crippen LogP contribution in [0.1, 0.15) is 36.9 Å². The molecule has 0 spiro atoms. The fourth-order valence-electron chi connectivity index (χ4n) is 5.20. The zero-order valence-corrected chi connectivity index (χ0v) is 20.5. The summed E-state index contributed by atoms with van der Waals surface area (Å²) >= 11 is 1.68. The summed E-state index contributed by atoms with van der Waals surface area (Å²) in [4.78, 5) is 14.3. The number of piperazine rings is 1. The lowest BCUT2D eigenvalue weighted by Gasteiger charge is -2.34. The average molecular weight is 477 g/mol. The molecule has 1 saturated carbocycles. The van der Waals surface area contributed by atoms with Crippen molar-refractivity contribution in [2.75, 3.05) is 43.4 Å². The van der Waals surface area contributed by atoms with Crippen LogP contribution >= 0.6 is 11.3 Å². The van der Waals surface area contributed by atoms with Crippen molar-refractivity contribution in [1.29, 1.82) is 0 Å². The molecule has 1 saturated heterocycles. The number of fused-ring (bicyclic) bond motifs is 2. The molecule has 34 heavy (non-hydrogen) atoms. The Labute approximate surface area is 204 Å². The highest BCUT2D eigenvalue weighted by molar-refractivity contribution is 7.22. The minimum absolute atomic E-state index is 0.114. The van der Waals surface area contributed by atoms with Gasteiger partial charge in [0.1, 0.15) is 5.65 Å². The lowest BCUT2D eigenvalue weighted by Crippen LogP contribution is -2.44. The summed E-state index contributed by atoms with van der Waals surface area (Å²) in [6, 6.07) is 11.1. The number of benzene rings is 1. The summed E-state index contributed by atoms with van der Waals surface area (Å²) < 4.78 is 3.38. The van der Waals surface area contributed by atoms with Crippen LogP contribution < -0.4 is 10.2 Å². The first-order chi connectivity index (χ1) is 16.6. The van der Waals surface area contributed by atoms with E-state index in [1.807, 2.05) is 6.20 Å². The van der Waals surface area contributed by atoms with E-state index >= 15 is 0 Å². The van der Waals surface area contributed by atoms with Gasteiger partial charge >= 0.3 is 0 Å². The number of anilines is 2. The average Bonchev–Trinajstić information content (AvgIpc) is 3.44. The number of aromatic nitrogens is 3. The van der Waals surface area contributed by atoms with Crippen molar-refractivity contribution >= 4 is 38.0 Å². The van der Waals surface area contributed by atoms with E-state index in [1.54, 1.807) is 11.3 Å². The Kier molecular flexibility index (Phi) is 5.89. The maximum Gasteiger partial charge on any atom is 0.184 e. The van der Waals surface area contributed by atoms with Crippen LogP contribution in [0.5, 0.6) is 0 Å². The van der Waals surface area contributed by atoms with Crippen LogP contribution in [-0.2, 0) is 6.42 Å². The molecule has 1 aliphatic heterocycles. The van der Waals surface area contributed by atoms with E-state index in [0.29, 0.717) is 0 Å². The number of aliphatic hydroxyl groups excluding tert-OH is 1. The van der Waals surface area contributed by atoms with Crippen molar-refractivity contribution in [3.05, 3.63) is 54.0 Å². The van der Waals surface area contributed by atoms with Crippen molar-refractivity contribution in [2.45, 2.75) is 44.2 Å². The number of likely N-dealkylation sites (N-methyl/N-ethyl adjacent to an activating group) is 1. The van der Waals surface area contributed by atoms with E-state index in [1.165, 1.54) is 28.1 Å². The highest BCUT2D eigenvalue weighted by Crippen LogP contribution is 2.30. The van der Waals surface area contributed by atoms with E-state index in [4.69, 9.17) is 9.97 Å². The fraction of sp³-hybridized carbons (Fsp3) is 0.462. The van der Waals surface area contributed by atoms with E-state index in [2.05, 4.69) is 63.1 Å². The number of thiazole rings is 1. The summed E-state index contributed by atoms with van der Waals surface area (Å²) in [7, 11) is 2.18. The van der Waals surface area contributed by atoms with Gasteiger partial charge in [0.25, 0.3) is 0 Å². The van der Waals surface area contributed by atoms with Crippen LogP contribution in [0.25, 0.3) is 15.9 Å². The third-order valence-corrected chi connectivity index (χ3v) is 8.27. The fourth-order valence-corrected chi connectivity index (χ4v) is 6.19. The molecule has 2 aliphatic rings. The van der Waals surface area contributed by atoms with E-state index < -0.39 is 0 Å². The molecule has 4 aromatic rings. The van der Waals surface area contributed by atoms with Gasteiger partial charge in [0, 0.05) is 62.4 Å². The van der Waals surface area contributed by atoms with Gasteiger partial charge in [-0.05, 0) is 43.7 Å². The van der Waals surface area contributed by atoms with Crippen molar-refractivity contribution in [3.63, 3.8) is 0 Å². The zero-order chi connectivity index (χ0) is 23.1. The molecule has 0 bridgehead atoms. The molecule has 2 fully saturated rings. The molecule has 0 radical (unpaired) electrons. The number of hydrogen-bond acceptors (Lipinski definition) is 7. The Morgan fingerprint density at radius 2 is 1.94 bits per heavy atom. The molecule has 2 atom stereocenters. The van der Waals surface area contributed by atoms with Crippen LogP contribution in [0.3, 0.4) is 0 Å². The topological polar surface area (TPSA) is 68.9 Å². The van der Waals surface area contributed by atoms with E-state index in [-0.39, 0.29) is 12.1 Å². The lowest BCUT2D eigenvalue weighted by atomic mass is 9.93. The van der Waals surface area contributed by atoms with Gasteiger partial charge in [0.15, 0.2) is 5.13 Å². The monoisotopic (exact) mass is 476 g/mol. The largest absolute Gasteiger partial charge is 0.391 e. The van der Waals surface area contributed by atoms with Crippen molar-refractivity contribution in [1.82, 2.24) is 19.3 Å². The number of rotatable bonds is 5. The lowest BCUT2D eigenvalue weighted by molar-refractivity contribution is 0.116. The number of nitrogens with zero attached hydrogens (tertiary/aromatic N) is 5. The van der Waals surface area contributed by atoms with Gasteiger partial charge in [-0.2, -0.15) is 0 Å². The molecule has 1 aliphatic carbocycles. The minimum atomic E-state index is -0.275. The number of imidazole rings is 1. The van der Waals surface area contributed by atoms with Crippen molar-refractivity contribution < 1.29 is 5.11 Å². The summed E-state index contributed by atoms with van der Waals surface area (Å²) in [5.41, 5.74) is 5.71. The highest BCUT2D eigenvalue weighted by atomic mass is 32.1. The Hall–Kier alpha value is -2.68.